The van der Waals surface area contributed by atoms with E-state index >= 15 is 0 Å². The normalized spacial score (nSPS) is 10.1. The summed E-state index contributed by atoms with van der Waals surface area (Å²) >= 11 is 0. The van der Waals surface area contributed by atoms with Gasteiger partial charge in [0.15, 0.2) is 0 Å². The Bertz CT molecular complexity index is 824. The SMILES string of the molecule is CCOCCOc1cccc(C(=O)NNC(=O)c2cccc([N+](=O)[O-])c2)c1. The summed E-state index contributed by atoms with van der Waals surface area (Å²) in [5, 5.41) is 10.8. The number of amides is 2. The van der Waals surface area contributed by atoms with Crippen molar-refractivity contribution >= 4 is 17.5 Å². The lowest BCUT2D eigenvalue weighted by molar-refractivity contribution is -0.384. The number of hydrogen-bond donors (Lipinski definition) is 2. The minimum absolute atomic E-state index is 0.0532. The molecule has 0 aliphatic carbocycles. The summed E-state index contributed by atoms with van der Waals surface area (Å²) in [6.07, 6.45) is 0. The predicted molar refractivity (Wildman–Crippen MR) is 96.5 cm³/mol. The number of ether oxygens (including phenoxy) is 2. The standard InChI is InChI=1S/C18H19N3O6/c1-2-26-9-10-27-16-8-4-6-14(12-16)18(23)20-19-17(22)13-5-3-7-15(11-13)21(24)25/h3-8,11-12H,2,9-10H2,1H3,(H,19,22)(H,20,23). The van der Waals surface area contributed by atoms with E-state index in [2.05, 4.69) is 10.9 Å². The minimum atomic E-state index is -0.670. The molecule has 0 bridgehead atoms. The van der Waals surface area contributed by atoms with Crippen LogP contribution < -0.4 is 15.6 Å². The van der Waals surface area contributed by atoms with Gasteiger partial charge in [-0.3, -0.25) is 30.6 Å². The summed E-state index contributed by atoms with van der Waals surface area (Å²) in [7, 11) is 0. The van der Waals surface area contributed by atoms with Crippen LogP contribution in [-0.4, -0.2) is 36.6 Å². The van der Waals surface area contributed by atoms with Gasteiger partial charge in [0.1, 0.15) is 12.4 Å². The van der Waals surface area contributed by atoms with Crippen molar-refractivity contribution in [2.45, 2.75) is 6.92 Å². The number of nitrogens with zero attached hydrogens (tertiary/aromatic N) is 1. The molecular formula is C18H19N3O6. The highest BCUT2D eigenvalue weighted by atomic mass is 16.6. The molecular weight excluding hydrogens is 354 g/mol. The van der Waals surface area contributed by atoms with Crippen molar-refractivity contribution in [1.82, 2.24) is 10.9 Å². The Kier molecular flexibility index (Phi) is 7.26. The first-order valence-electron chi connectivity index (χ1n) is 8.17. The molecule has 142 valence electrons. The van der Waals surface area contributed by atoms with E-state index in [1.54, 1.807) is 18.2 Å². The molecule has 0 saturated heterocycles. The summed E-state index contributed by atoms with van der Waals surface area (Å²) < 4.78 is 10.6. The fourth-order valence-corrected chi connectivity index (χ4v) is 2.11. The van der Waals surface area contributed by atoms with Crippen molar-refractivity contribution in [2.24, 2.45) is 0 Å². The molecule has 27 heavy (non-hydrogen) atoms. The zero-order valence-electron chi connectivity index (χ0n) is 14.6. The molecule has 0 spiro atoms. The number of carbonyl (C=O) groups excluding carboxylic acids is 2. The van der Waals surface area contributed by atoms with E-state index in [4.69, 9.17) is 9.47 Å². The van der Waals surface area contributed by atoms with E-state index in [0.717, 1.165) is 6.07 Å². The number of carbonyl (C=O) groups is 2. The second kappa shape index (κ2) is 9.88. The number of hydrazine groups is 1. The smallest absolute Gasteiger partial charge is 0.270 e. The highest BCUT2D eigenvalue weighted by Gasteiger charge is 2.13. The molecule has 0 heterocycles. The Morgan fingerprint density at radius 1 is 1.00 bits per heavy atom. The van der Waals surface area contributed by atoms with Crippen molar-refractivity contribution in [2.75, 3.05) is 19.8 Å². The average Bonchev–Trinajstić information content (AvgIpc) is 2.69. The fourth-order valence-electron chi connectivity index (χ4n) is 2.11. The maximum absolute atomic E-state index is 12.2. The molecule has 0 atom stereocenters. The zero-order valence-corrected chi connectivity index (χ0v) is 14.6. The van der Waals surface area contributed by atoms with Crippen molar-refractivity contribution in [3.05, 3.63) is 69.8 Å². The number of nitro groups is 1. The van der Waals surface area contributed by atoms with Gasteiger partial charge in [-0.1, -0.05) is 12.1 Å². The molecule has 2 amide bonds. The van der Waals surface area contributed by atoms with Gasteiger partial charge in [0.05, 0.1) is 11.5 Å². The number of benzene rings is 2. The second-order valence-corrected chi connectivity index (χ2v) is 5.29. The van der Waals surface area contributed by atoms with Gasteiger partial charge in [0.2, 0.25) is 0 Å². The van der Waals surface area contributed by atoms with E-state index < -0.39 is 16.7 Å². The summed E-state index contributed by atoms with van der Waals surface area (Å²) in [6, 6.07) is 11.6. The van der Waals surface area contributed by atoms with Gasteiger partial charge >= 0.3 is 0 Å². The third kappa shape index (κ3) is 6.08. The quantitative estimate of drug-likeness (QED) is 0.415. The van der Waals surface area contributed by atoms with Crippen LogP contribution >= 0.6 is 0 Å². The van der Waals surface area contributed by atoms with Crippen LogP contribution in [0.2, 0.25) is 0 Å². The monoisotopic (exact) mass is 373 g/mol. The predicted octanol–water partition coefficient (Wildman–Crippen LogP) is 2.08. The molecule has 9 heteroatoms. The molecule has 9 nitrogen and oxygen atoms in total. The van der Waals surface area contributed by atoms with E-state index in [9.17, 15) is 19.7 Å². The number of rotatable bonds is 8. The van der Waals surface area contributed by atoms with Crippen molar-refractivity contribution in [1.29, 1.82) is 0 Å². The Hall–Kier alpha value is -3.46. The van der Waals surface area contributed by atoms with Crippen LogP contribution in [-0.2, 0) is 4.74 Å². The van der Waals surface area contributed by atoms with Crippen molar-refractivity contribution < 1.29 is 24.0 Å². The number of hydrogen-bond acceptors (Lipinski definition) is 6. The third-order valence-electron chi connectivity index (χ3n) is 3.41. The highest BCUT2D eigenvalue weighted by Crippen LogP contribution is 2.14. The lowest BCUT2D eigenvalue weighted by atomic mass is 10.2. The van der Waals surface area contributed by atoms with Gasteiger partial charge in [-0.25, -0.2) is 0 Å². The molecule has 0 fully saturated rings. The molecule has 0 radical (unpaired) electrons. The minimum Gasteiger partial charge on any atom is -0.491 e. The molecule has 0 aliphatic heterocycles. The van der Waals surface area contributed by atoms with Gasteiger partial charge in [0.25, 0.3) is 17.5 Å². The van der Waals surface area contributed by atoms with Crippen LogP contribution in [0.5, 0.6) is 5.75 Å². The number of nitrogens with one attached hydrogen (secondary N) is 2. The lowest BCUT2D eigenvalue weighted by Crippen LogP contribution is -2.41. The third-order valence-corrected chi connectivity index (χ3v) is 3.41. The van der Waals surface area contributed by atoms with Crippen LogP contribution in [0.25, 0.3) is 0 Å². The van der Waals surface area contributed by atoms with Crippen LogP contribution in [0.3, 0.4) is 0 Å². The fraction of sp³-hybridized carbons (Fsp3) is 0.222. The first-order chi connectivity index (χ1) is 13.0. The van der Waals surface area contributed by atoms with Crippen LogP contribution in [0, 0.1) is 10.1 Å². The van der Waals surface area contributed by atoms with Gasteiger partial charge < -0.3 is 9.47 Å². The second-order valence-electron chi connectivity index (χ2n) is 5.29. The number of non-ortho nitro benzene ring substituents is 1. The highest BCUT2D eigenvalue weighted by molar-refractivity contribution is 5.99. The number of nitro benzene ring substituents is 1. The molecule has 2 aromatic rings. The van der Waals surface area contributed by atoms with Crippen molar-refractivity contribution in [3.8, 4) is 5.75 Å². The maximum Gasteiger partial charge on any atom is 0.270 e. The molecule has 2 rings (SSSR count). The summed E-state index contributed by atoms with van der Waals surface area (Å²) in [6.45, 7) is 3.26. The summed E-state index contributed by atoms with van der Waals surface area (Å²) in [4.78, 5) is 34.4. The Morgan fingerprint density at radius 3 is 2.26 bits per heavy atom. The zero-order chi connectivity index (χ0) is 19.6. The first-order valence-corrected chi connectivity index (χ1v) is 8.17. The maximum atomic E-state index is 12.2. The van der Waals surface area contributed by atoms with Gasteiger partial charge in [-0.15, -0.1) is 0 Å². The van der Waals surface area contributed by atoms with E-state index in [-0.39, 0.29) is 16.8 Å². The van der Waals surface area contributed by atoms with E-state index in [1.807, 2.05) is 6.92 Å². The Morgan fingerprint density at radius 2 is 1.63 bits per heavy atom. The van der Waals surface area contributed by atoms with Gasteiger partial charge in [-0.2, -0.15) is 0 Å². The van der Waals surface area contributed by atoms with Crippen LogP contribution in [0.1, 0.15) is 27.6 Å². The van der Waals surface area contributed by atoms with Gasteiger partial charge in [0, 0.05) is 29.9 Å². The Balaban J connectivity index is 1.92. The molecule has 0 aromatic heterocycles. The Labute approximate surface area is 155 Å². The molecule has 0 aliphatic rings. The lowest BCUT2D eigenvalue weighted by Gasteiger charge is -2.10. The first kappa shape index (κ1) is 19.9. The van der Waals surface area contributed by atoms with Gasteiger partial charge in [-0.05, 0) is 31.2 Å². The molecule has 0 unspecified atom stereocenters. The molecule has 0 saturated carbocycles. The summed E-state index contributed by atoms with van der Waals surface area (Å²) in [5.41, 5.74) is 4.60. The average molecular weight is 373 g/mol. The van der Waals surface area contributed by atoms with E-state index in [1.165, 1.54) is 24.3 Å². The van der Waals surface area contributed by atoms with E-state index in [0.29, 0.717) is 25.6 Å². The molecule has 2 N–H and O–H groups in total. The topological polar surface area (TPSA) is 120 Å². The molecule has 2 aromatic carbocycles. The van der Waals surface area contributed by atoms with Crippen LogP contribution in [0.4, 0.5) is 5.69 Å². The summed E-state index contributed by atoms with van der Waals surface area (Å²) in [5.74, 6) is -0.729. The van der Waals surface area contributed by atoms with Crippen molar-refractivity contribution in [3.63, 3.8) is 0 Å². The van der Waals surface area contributed by atoms with Crippen LogP contribution in [0.15, 0.2) is 48.5 Å². The largest absolute Gasteiger partial charge is 0.491 e.